The van der Waals surface area contributed by atoms with Crippen molar-refractivity contribution < 1.29 is 14.7 Å². The minimum Gasteiger partial charge on any atom is -0.477 e. The number of carboxylic acids is 1. The number of thioether (sulfide) groups is 1. The Morgan fingerprint density at radius 2 is 2.29 bits per heavy atom. The van der Waals surface area contributed by atoms with Gasteiger partial charge in [-0.25, -0.2) is 4.79 Å². The molecule has 1 unspecified atom stereocenters. The minimum absolute atomic E-state index is 0.0763. The molecule has 3 N–H and O–H groups in total. The van der Waals surface area contributed by atoms with Gasteiger partial charge in [-0.2, -0.15) is 0 Å². The molecule has 0 saturated carbocycles. The summed E-state index contributed by atoms with van der Waals surface area (Å²) >= 11 is 1.46. The Morgan fingerprint density at radius 3 is 2.76 bits per heavy atom. The SMILES string of the molecule is CCC12CC(=O)N1C(C(=O)O)=C(SCCN)C2. The van der Waals surface area contributed by atoms with Crippen molar-refractivity contribution in [1.82, 2.24) is 4.90 Å². The van der Waals surface area contributed by atoms with E-state index in [2.05, 4.69) is 0 Å². The molecule has 0 aromatic carbocycles. The van der Waals surface area contributed by atoms with E-state index in [1.165, 1.54) is 16.7 Å². The fraction of sp³-hybridized carbons (Fsp3) is 0.636. The molecule has 17 heavy (non-hydrogen) atoms. The molecule has 2 aliphatic rings. The zero-order valence-corrected chi connectivity index (χ0v) is 10.5. The molecule has 1 atom stereocenters. The van der Waals surface area contributed by atoms with Gasteiger partial charge in [-0.1, -0.05) is 6.92 Å². The smallest absolute Gasteiger partial charge is 0.353 e. The highest BCUT2D eigenvalue weighted by atomic mass is 32.2. The van der Waals surface area contributed by atoms with Gasteiger partial charge in [0.15, 0.2) is 0 Å². The predicted molar refractivity (Wildman–Crippen MR) is 65.3 cm³/mol. The number of fused-ring (bicyclic) bond motifs is 1. The molecule has 1 amide bonds. The number of nitrogens with two attached hydrogens (primary N) is 1. The lowest BCUT2D eigenvalue weighted by molar-refractivity contribution is -0.155. The zero-order chi connectivity index (χ0) is 12.6. The summed E-state index contributed by atoms with van der Waals surface area (Å²) in [5.74, 6) is -0.394. The zero-order valence-electron chi connectivity index (χ0n) is 9.73. The number of nitrogens with zero attached hydrogens (tertiary/aromatic N) is 1. The van der Waals surface area contributed by atoms with E-state index in [1.807, 2.05) is 6.92 Å². The number of carbonyl (C=O) groups is 2. The van der Waals surface area contributed by atoms with Crippen LogP contribution in [0.15, 0.2) is 10.6 Å². The third-order valence-electron chi connectivity index (χ3n) is 3.44. The molecule has 6 heteroatoms. The van der Waals surface area contributed by atoms with Crippen molar-refractivity contribution in [3.05, 3.63) is 10.6 Å². The van der Waals surface area contributed by atoms with Crippen LogP contribution in [0, 0.1) is 0 Å². The average molecular weight is 256 g/mol. The van der Waals surface area contributed by atoms with Gasteiger partial charge in [0.2, 0.25) is 5.91 Å². The standard InChI is InChI=1S/C11H16N2O3S/c1-2-11-5-7(17-4-3-12)9(10(15)16)13(11)8(14)6-11/h2-6,12H2,1H3,(H,15,16). The topological polar surface area (TPSA) is 83.6 Å². The molecular formula is C11H16N2O3S. The lowest BCUT2D eigenvalue weighted by atomic mass is 9.81. The van der Waals surface area contributed by atoms with Crippen LogP contribution >= 0.6 is 11.8 Å². The molecule has 0 spiro atoms. The van der Waals surface area contributed by atoms with Crippen LogP contribution in [0.5, 0.6) is 0 Å². The highest BCUT2D eigenvalue weighted by Crippen LogP contribution is 2.52. The minimum atomic E-state index is -1.01. The Balaban J connectivity index is 2.29. The number of carboxylic acid groups (broad SMARTS) is 1. The summed E-state index contributed by atoms with van der Waals surface area (Å²) in [6.45, 7) is 2.50. The molecule has 2 aliphatic heterocycles. The highest BCUT2D eigenvalue weighted by Gasteiger charge is 2.57. The van der Waals surface area contributed by atoms with Crippen LogP contribution in [0.3, 0.4) is 0 Å². The van der Waals surface area contributed by atoms with Gasteiger partial charge in [0.05, 0.1) is 12.0 Å². The van der Waals surface area contributed by atoms with E-state index in [9.17, 15) is 14.7 Å². The second kappa shape index (κ2) is 4.34. The summed E-state index contributed by atoms with van der Waals surface area (Å²) in [7, 11) is 0. The van der Waals surface area contributed by atoms with Crippen molar-refractivity contribution in [3.8, 4) is 0 Å². The van der Waals surface area contributed by atoms with Gasteiger partial charge in [0, 0.05) is 23.6 Å². The third kappa shape index (κ3) is 1.75. The van der Waals surface area contributed by atoms with Crippen LogP contribution in [0.2, 0.25) is 0 Å². The van der Waals surface area contributed by atoms with Gasteiger partial charge in [0.25, 0.3) is 0 Å². The fourth-order valence-electron chi connectivity index (χ4n) is 2.55. The van der Waals surface area contributed by atoms with E-state index >= 15 is 0 Å². The molecule has 0 aliphatic carbocycles. The molecule has 5 nitrogen and oxygen atoms in total. The first-order valence-electron chi connectivity index (χ1n) is 5.68. The lowest BCUT2D eigenvalue weighted by Gasteiger charge is -2.47. The number of β-lactam (4-membered cyclic amide) rings is 1. The molecule has 0 aromatic heterocycles. The Kier molecular flexibility index (Phi) is 3.18. The maximum absolute atomic E-state index is 11.6. The van der Waals surface area contributed by atoms with Crippen molar-refractivity contribution in [1.29, 1.82) is 0 Å². The van der Waals surface area contributed by atoms with E-state index < -0.39 is 5.97 Å². The molecule has 0 bridgehead atoms. The van der Waals surface area contributed by atoms with Gasteiger partial charge >= 0.3 is 5.97 Å². The first-order chi connectivity index (χ1) is 8.05. The molecule has 0 aromatic rings. The van der Waals surface area contributed by atoms with Gasteiger partial charge in [-0.3, -0.25) is 9.69 Å². The normalized spacial score (nSPS) is 27.2. The first kappa shape index (κ1) is 12.4. The maximum atomic E-state index is 11.6. The number of hydrogen-bond donors (Lipinski definition) is 2. The fourth-order valence-corrected chi connectivity index (χ4v) is 3.60. The van der Waals surface area contributed by atoms with Gasteiger partial charge in [-0.05, 0) is 6.42 Å². The Bertz CT molecular complexity index is 408. The van der Waals surface area contributed by atoms with Crippen LogP contribution in [0.25, 0.3) is 0 Å². The number of amides is 1. The summed E-state index contributed by atoms with van der Waals surface area (Å²) in [4.78, 5) is 25.2. The summed E-state index contributed by atoms with van der Waals surface area (Å²) in [6, 6.07) is 0. The van der Waals surface area contributed by atoms with E-state index in [4.69, 9.17) is 5.73 Å². The van der Waals surface area contributed by atoms with E-state index in [0.29, 0.717) is 25.1 Å². The summed E-state index contributed by atoms with van der Waals surface area (Å²) < 4.78 is 0. The molecule has 2 heterocycles. The lowest BCUT2D eigenvalue weighted by Crippen LogP contribution is -2.60. The Labute approximate surface area is 104 Å². The maximum Gasteiger partial charge on any atom is 0.353 e. The van der Waals surface area contributed by atoms with E-state index in [-0.39, 0.29) is 17.1 Å². The van der Waals surface area contributed by atoms with Crippen molar-refractivity contribution >= 4 is 23.6 Å². The van der Waals surface area contributed by atoms with Crippen LogP contribution in [0.4, 0.5) is 0 Å². The van der Waals surface area contributed by atoms with E-state index in [0.717, 1.165) is 11.3 Å². The van der Waals surface area contributed by atoms with Crippen LogP contribution in [-0.2, 0) is 9.59 Å². The summed E-state index contributed by atoms with van der Waals surface area (Å²) in [6.07, 6.45) is 1.93. The van der Waals surface area contributed by atoms with Crippen LogP contribution < -0.4 is 5.73 Å². The van der Waals surface area contributed by atoms with Crippen LogP contribution in [0.1, 0.15) is 26.2 Å². The first-order valence-corrected chi connectivity index (χ1v) is 6.66. The molecule has 94 valence electrons. The average Bonchev–Trinajstić information content (AvgIpc) is 2.55. The highest BCUT2D eigenvalue weighted by molar-refractivity contribution is 8.03. The molecular weight excluding hydrogens is 240 g/mol. The van der Waals surface area contributed by atoms with Crippen molar-refractivity contribution in [2.75, 3.05) is 12.3 Å². The van der Waals surface area contributed by atoms with Crippen LogP contribution in [-0.4, -0.2) is 39.7 Å². The predicted octanol–water partition coefficient (Wildman–Crippen LogP) is 0.759. The van der Waals surface area contributed by atoms with Gasteiger partial charge < -0.3 is 10.8 Å². The molecule has 1 saturated heterocycles. The van der Waals surface area contributed by atoms with Crippen molar-refractivity contribution in [3.63, 3.8) is 0 Å². The number of carbonyl (C=O) groups excluding carboxylic acids is 1. The second-order valence-electron chi connectivity index (χ2n) is 4.37. The van der Waals surface area contributed by atoms with Gasteiger partial charge in [-0.15, -0.1) is 11.8 Å². The Hall–Kier alpha value is -1.01. The van der Waals surface area contributed by atoms with Gasteiger partial charge in [0.1, 0.15) is 5.70 Å². The second-order valence-corrected chi connectivity index (χ2v) is 5.56. The quantitative estimate of drug-likeness (QED) is 0.709. The van der Waals surface area contributed by atoms with E-state index in [1.54, 1.807) is 0 Å². The number of aliphatic carboxylic acids is 1. The third-order valence-corrected chi connectivity index (χ3v) is 4.56. The molecule has 0 radical (unpaired) electrons. The largest absolute Gasteiger partial charge is 0.477 e. The Morgan fingerprint density at radius 1 is 1.59 bits per heavy atom. The number of rotatable bonds is 5. The number of hydrogen-bond acceptors (Lipinski definition) is 4. The van der Waals surface area contributed by atoms with Crippen molar-refractivity contribution in [2.24, 2.45) is 5.73 Å². The van der Waals surface area contributed by atoms with Crippen molar-refractivity contribution in [2.45, 2.75) is 31.7 Å². The molecule has 2 rings (SSSR count). The summed E-state index contributed by atoms with van der Waals surface area (Å²) in [5.41, 5.74) is 5.35. The molecule has 1 fully saturated rings. The summed E-state index contributed by atoms with van der Waals surface area (Å²) in [5, 5.41) is 9.24. The monoisotopic (exact) mass is 256 g/mol.